The first-order valence-electron chi connectivity index (χ1n) is 3.65. The van der Waals surface area contributed by atoms with Crippen LogP contribution in [0.25, 0.3) is 0 Å². The van der Waals surface area contributed by atoms with E-state index in [4.69, 9.17) is 5.73 Å². The minimum Gasteiger partial charge on any atom is -1.00 e. The SMILES string of the molecule is Nc1[nH+]c2c(s1)CCCC2.[I-]. The highest BCUT2D eigenvalue weighted by atomic mass is 127. The number of hydrogen-bond donors (Lipinski definition) is 1. The van der Waals surface area contributed by atoms with Gasteiger partial charge in [-0.2, -0.15) is 0 Å². The minimum absolute atomic E-state index is 0. The van der Waals surface area contributed by atoms with Crippen molar-refractivity contribution >= 4 is 16.5 Å². The van der Waals surface area contributed by atoms with Crippen LogP contribution in [0, 0.1) is 0 Å². The second kappa shape index (κ2) is 3.71. The molecule has 62 valence electrons. The number of nitrogens with two attached hydrogens (primary N) is 1. The van der Waals surface area contributed by atoms with Crippen molar-refractivity contribution in [3.8, 4) is 0 Å². The van der Waals surface area contributed by atoms with Crippen LogP contribution in [-0.4, -0.2) is 0 Å². The van der Waals surface area contributed by atoms with Gasteiger partial charge in [-0.15, -0.1) is 0 Å². The van der Waals surface area contributed by atoms with Gasteiger partial charge < -0.3 is 24.0 Å². The lowest BCUT2D eigenvalue weighted by molar-refractivity contribution is -0.367. The quantitative estimate of drug-likeness (QED) is 0.551. The van der Waals surface area contributed by atoms with Gasteiger partial charge in [0.1, 0.15) is 5.69 Å². The fraction of sp³-hybridized carbons (Fsp3) is 0.571. The van der Waals surface area contributed by atoms with E-state index in [1.54, 1.807) is 11.3 Å². The van der Waals surface area contributed by atoms with Crippen molar-refractivity contribution < 1.29 is 29.0 Å². The number of hydrogen-bond acceptors (Lipinski definition) is 2. The van der Waals surface area contributed by atoms with Crippen molar-refractivity contribution in [1.29, 1.82) is 0 Å². The molecule has 0 aromatic carbocycles. The Morgan fingerprint density at radius 1 is 1.27 bits per heavy atom. The molecule has 0 bridgehead atoms. The Kier molecular flexibility index (Phi) is 3.12. The Bertz CT molecular complexity index is 223. The minimum atomic E-state index is 0. The molecule has 1 aromatic rings. The molecule has 11 heavy (non-hydrogen) atoms. The predicted molar refractivity (Wildman–Crippen MR) is 41.9 cm³/mol. The molecule has 1 aliphatic rings. The number of nitrogen functional groups attached to an aromatic ring is 1. The molecule has 4 heteroatoms. The lowest BCUT2D eigenvalue weighted by atomic mass is 10.0. The maximum atomic E-state index is 5.62. The third-order valence-electron chi connectivity index (χ3n) is 1.92. The molecule has 3 N–H and O–H groups in total. The van der Waals surface area contributed by atoms with E-state index in [1.165, 1.54) is 36.3 Å². The zero-order valence-electron chi connectivity index (χ0n) is 6.19. The van der Waals surface area contributed by atoms with Gasteiger partial charge in [0.05, 0.1) is 4.88 Å². The molecule has 2 rings (SSSR count). The Hall–Kier alpha value is 0.160. The molecule has 0 amide bonds. The molecule has 1 heterocycles. The molecule has 0 aliphatic heterocycles. The van der Waals surface area contributed by atoms with E-state index in [0.29, 0.717) is 0 Å². The van der Waals surface area contributed by atoms with Crippen LogP contribution in [0.15, 0.2) is 0 Å². The molecule has 0 saturated carbocycles. The van der Waals surface area contributed by atoms with E-state index >= 15 is 0 Å². The molecule has 1 aromatic heterocycles. The number of aryl methyl sites for hydroxylation is 2. The number of nitrogens with one attached hydrogen (secondary N) is 1. The summed E-state index contributed by atoms with van der Waals surface area (Å²) in [4.78, 5) is 4.67. The number of rotatable bonds is 0. The van der Waals surface area contributed by atoms with E-state index in [0.717, 1.165) is 5.13 Å². The van der Waals surface area contributed by atoms with Crippen LogP contribution in [0.1, 0.15) is 23.4 Å². The summed E-state index contributed by atoms with van der Waals surface area (Å²) in [6.45, 7) is 0. The van der Waals surface area contributed by atoms with Gasteiger partial charge in [0.15, 0.2) is 0 Å². The van der Waals surface area contributed by atoms with Crippen LogP contribution in [0.2, 0.25) is 0 Å². The number of fused-ring (bicyclic) bond motifs is 1. The van der Waals surface area contributed by atoms with Gasteiger partial charge in [-0.3, -0.25) is 5.73 Å². The monoisotopic (exact) mass is 282 g/mol. The second-order valence-corrected chi connectivity index (χ2v) is 3.84. The Balaban J connectivity index is 0.000000605. The summed E-state index contributed by atoms with van der Waals surface area (Å²) in [5, 5.41) is 0.868. The molecule has 0 spiro atoms. The number of halogens is 1. The van der Waals surface area contributed by atoms with Crippen molar-refractivity contribution in [3.05, 3.63) is 10.6 Å². The lowest BCUT2D eigenvalue weighted by Crippen LogP contribution is -3.00. The van der Waals surface area contributed by atoms with E-state index in [9.17, 15) is 0 Å². The smallest absolute Gasteiger partial charge is 0.329 e. The van der Waals surface area contributed by atoms with Crippen molar-refractivity contribution in [2.24, 2.45) is 0 Å². The Labute approximate surface area is 87.2 Å². The van der Waals surface area contributed by atoms with Crippen LogP contribution >= 0.6 is 11.3 Å². The maximum Gasteiger partial charge on any atom is 0.329 e. The molecule has 0 fully saturated rings. The van der Waals surface area contributed by atoms with E-state index in [-0.39, 0.29) is 24.0 Å². The number of anilines is 1. The fourth-order valence-corrected chi connectivity index (χ4v) is 2.39. The fourth-order valence-electron chi connectivity index (χ4n) is 1.43. The van der Waals surface area contributed by atoms with Crippen LogP contribution in [0.4, 0.5) is 5.13 Å². The van der Waals surface area contributed by atoms with Gasteiger partial charge in [-0.1, -0.05) is 11.3 Å². The summed E-state index contributed by atoms with van der Waals surface area (Å²) in [5.74, 6) is 0. The van der Waals surface area contributed by atoms with Crippen LogP contribution in [0.3, 0.4) is 0 Å². The van der Waals surface area contributed by atoms with Gasteiger partial charge in [0.2, 0.25) is 0 Å². The highest BCUT2D eigenvalue weighted by molar-refractivity contribution is 7.15. The Morgan fingerprint density at radius 2 is 2.00 bits per heavy atom. The van der Waals surface area contributed by atoms with Crippen molar-refractivity contribution in [3.63, 3.8) is 0 Å². The van der Waals surface area contributed by atoms with Crippen LogP contribution in [-0.2, 0) is 12.8 Å². The van der Waals surface area contributed by atoms with E-state index in [2.05, 4.69) is 4.98 Å². The third kappa shape index (κ3) is 1.84. The van der Waals surface area contributed by atoms with E-state index < -0.39 is 0 Å². The van der Waals surface area contributed by atoms with Gasteiger partial charge in [-0.25, -0.2) is 4.98 Å². The molecule has 2 nitrogen and oxygen atoms in total. The standard InChI is InChI=1S/C7H10N2S.HI/c8-7-9-5-3-1-2-4-6(5)10-7;/h1-4H2,(H2,8,9);1H. The first-order chi connectivity index (χ1) is 4.86. The molecule has 1 aliphatic carbocycles. The summed E-state index contributed by atoms with van der Waals surface area (Å²) < 4.78 is 0. The van der Waals surface area contributed by atoms with Crippen molar-refractivity contribution in [2.75, 3.05) is 5.73 Å². The average Bonchev–Trinajstić information content (AvgIpc) is 2.27. The van der Waals surface area contributed by atoms with Crippen molar-refractivity contribution in [2.45, 2.75) is 25.7 Å². The van der Waals surface area contributed by atoms with Crippen molar-refractivity contribution in [1.82, 2.24) is 0 Å². The highest BCUT2D eigenvalue weighted by Crippen LogP contribution is 2.24. The number of H-pyrrole nitrogens is 1. The average molecular weight is 282 g/mol. The zero-order valence-corrected chi connectivity index (χ0v) is 9.17. The van der Waals surface area contributed by atoms with E-state index in [1.807, 2.05) is 0 Å². The summed E-state index contributed by atoms with van der Waals surface area (Å²) in [7, 11) is 0. The highest BCUT2D eigenvalue weighted by Gasteiger charge is 2.16. The number of aromatic nitrogens is 1. The van der Waals surface area contributed by atoms with Gasteiger partial charge >= 0.3 is 5.13 Å². The second-order valence-electron chi connectivity index (χ2n) is 2.70. The first-order valence-corrected chi connectivity index (χ1v) is 4.47. The predicted octanol–water partition coefficient (Wildman–Crippen LogP) is -1.97. The van der Waals surface area contributed by atoms with Gasteiger partial charge in [-0.05, 0) is 19.3 Å². The molecular formula is C7H11IN2S. The summed E-state index contributed by atoms with van der Waals surface area (Å²) >= 11 is 1.71. The van der Waals surface area contributed by atoms with Gasteiger partial charge in [0, 0.05) is 6.42 Å². The molecule has 0 atom stereocenters. The topological polar surface area (TPSA) is 40.2 Å². The Morgan fingerprint density at radius 3 is 2.73 bits per heavy atom. The van der Waals surface area contributed by atoms with Crippen LogP contribution < -0.4 is 34.7 Å². The van der Waals surface area contributed by atoms with Crippen LogP contribution in [0.5, 0.6) is 0 Å². The van der Waals surface area contributed by atoms with Gasteiger partial charge in [0.25, 0.3) is 0 Å². The summed E-state index contributed by atoms with van der Waals surface area (Å²) in [6, 6.07) is 0. The summed E-state index contributed by atoms with van der Waals surface area (Å²) in [5.41, 5.74) is 7.00. The maximum absolute atomic E-state index is 5.62. The normalized spacial score (nSPS) is 15.3. The third-order valence-corrected chi connectivity index (χ3v) is 2.94. The molecule has 0 unspecified atom stereocenters. The zero-order chi connectivity index (χ0) is 6.97. The molecule has 0 radical (unpaired) electrons. The lowest BCUT2D eigenvalue weighted by Gasteiger charge is -2.04. The largest absolute Gasteiger partial charge is 1.00 e. The molecule has 0 saturated heterocycles. The summed E-state index contributed by atoms with van der Waals surface area (Å²) in [6.07, 6.45) is 5.08. The number of thiazole rings is 1. The first kappa shape index (κ1) is 9.25. The number of aromatic amines is 1. The molecular weight excluding hydrogens is 271 g/mol.